The summed E-state index contributed by atoms with van der Waals surface area (Å²) in [6.45, 7) is 9.84. The third kappa shape index (κ3) is 4.78. The van der Waals surface area contributed by atoms with Crippen LogP contribution in [0.2, 0.25) is 0 Å². The SMILES string of the molecule is C=C1CC[C@@H]2[C@]3(C)COC(c4cn(-c5ccccc5)nc4-c4ccccc4)O[C@@H]3CC[C@@]2(C)[C@@H]1C/C=C1/C(=O)OC[C@H]1O. The number of ether oxygens (including phenoxy) is 3. The Morgan fingerprint density at radius 1 is 1.07 bits per heavy atom. The van der Waals surface area contributed by atoms with Crippen LogP contribution in [0.3, 0.4) is 0 Å². The van der Waals surface area contributed by atoms with Gasteiger partial charge in [0.25, 0.3) is 0 Å². The first-order valence-electron chi connectivity index (χ1n) is 15.5. The van der Waals surface area contributed by atoms with Gasteiger partial charge in [0, 0.05) is 17.2 Å². The molecule has 4 fully saturated rings. The third-order valence-electron chi connectivity index (χ3n) is 10.8. The highest BCUT2D eigenvalue weighted by atomic mass is 16.7. The lowest BCUT2D eigenvalue weighted by atomic mass is 9.46. The number of rotatable bonds is 5. The summed E-state index contributed by atoms with van der Waals surface area (Å²) in [5, 5.41) is 15.2. The van der Waals surface area contributed by atoms with Gasteiger partial charge in [-0.2, -0.15) is 5.10 Å². The van der Waals surface area contributed by atoms with Crippen LogP contribution in [0.4, 0.5) is 0 Å². The van der Waals surface area contributed by atoms with E-state index in [0.29, 0.717) is 24.5 Å². The zero-order valence-corrected chi connectivity index (χ0v) is 24.9. The molecule has 1 N–H and O–H groups in total. The molecule has 0 bridgehead atoms. The maximum atomic E-state index is 12.2. The summed E-state index contributed by atoms with van der Waals surface area (Å²) >= 11 is 0. The van der Waals surface area contributed by atoms with Gasteiger partial charge < -0.3 is 19.3 Å². The number of esters is 1. The average molecular weight is 581 g/mol. The van der Waals surface area contributed by atoms with E-state index in [1.54, 1.807) is 0 Å². The van der Waals surface area contributed by atoms with Crippen molar-refractivity contribution in [2.45, 2.75) is 64.4 Å². The highest BCUT2D eigenvalue weighted by Crippen LogP contribution is 2.64. The Kier molecular flexibility index (Phi) is 7.15. The van der Waals surface area contributed by atoms with Gasteiger partial charge in [0.1, 0.15) is 18.4 Å². The van der Waals surface area contributed by atoms with Crippen molar-refractivity contribution in [1.29, 1.82) is 0 Å². The van der Waals surface area contributed by atoms with Crippen molar-refractivity contribution in [2.75, 3.05) is 13.2 Å². The molecule has 0 radical (unpaired) electrons. The second kappa shape index (κ2) is 10.9. The number of aliphatic hydroxyl groups excluding tert-OH is 1. The van der Waals surface area contributed by atoms with Gasteiger partial charge in [0.05, 0.1) is 29.5 Å². The lowest BCUT2D eigenvalue weighted by molar-refractivity contribution is -0.307. The van der Waals surface area contributed by atoms with Crippen LogP contribution in [0.5, 0.6) is 0 Å². The summed E-state index contributed by atoms with van der Waals surface area (Å²) in [5.41, 5.74) is 5.26. The molecule has 4 aliphatic rings. The maximum absolute atomic E-state index is 12.2. The third-order valence-corrected chi connectivity index (χ3v) is 10.8. The van der Waals surface area contributed by atoms with Crippen LogP contribution >= 0.6 is 0 Å². The smallest absolute Gasteiger partial charge is 0.336 e. The molecule has 2 saturated heterocycles. The quantitative estimate of drug-likeness (QED) is 0.209. The number of aliphatic hydroxyl groups is 1. The summed E-state index contributed by atoms with van der Waals surface area (Å²) in [4.78, 5) is 12.2. The summed E-state index contributed by atoms with van der Waals surface area (Å²) in [7, 11) is 0. The van der Waals surface area contributed by atoms with Crippen molar-refractivity contribution in [3.05, 3.63) is 96.2 Å². The molecule has 2 aliphatic heterocycles. The highest BCUT2D eigenvalue weighted by molar-refractivity contribution is 5.91. The fourth-order valence-electron chi connectivity index (χ4n) is 8.45. The monoisotopic (exact) mass is 580 g/mol. The molecule has 7 rings (SSSR count). The number of cyclic esters (lactones) is 1. The van der Waals surface area contributed by atoms with Crippen molar-refractivity contribution >= 4 is 5.97 Å². The Balaban J connectivity index is 1.16. The van der Waals surface area contributed by atoms with Gasteiger partial charge in [0.2, 0.25) is 0 Å². The molecule has 1 unspecified atom stereocenters. The lowest BCUT2D eigenvalue weighted by Gasteiger charge is -2.62. The number of aromatic nitrogens is 2. The number of para-hydroxylation sites is 1. The van der Waals surface area contributed by atoms with Crippen molar-refractivity contribution in [2.24, 2.45) is 22.7 Å². The zero-order valence-electron chi connectivity index (χ0n) is 24.9. The van der Waals surface area contributed by atoms with Crippen LogP contribution in [0.25, 0.3) is 16.9 Å². The normalized spacial score (nSPS) is 35.0. The number of hydrogen-bond acceptors (Lipinski definition) is 6. The van der Waals surface area contributed by atoms with Crippen LogP contribution in [-0.4, -0.2) is 46.3 Å². The molecule has 2 saturated carbocycles. The molecule has 43 heavy (non-hydrogen) atoms. The molecule has 3 aromatic rings. The molecular weight excluding hydrogens is 540 g/mol. The molecule has 0 amide bonds. The van der Waals surface area contributed by atoms with Crippen molar-refractivity contribution < 1.29 is 24.1 Å². The molecule has 7 nitrogen and oxygen atoms in total. The van der Waals surface area contributed by atoms with E-state index >= 15 is 0 Å². The molecule has 3 heterocycles. The predicted octanol–water partition coefficient (Wildman–Crippen LogP) is 6.58. The number of benzene rings is 2. The Bertz CT molecular complexity index is 1550. The first-order valence-corrected chi connectivity index (χ1v) is 15.5. The molecule has 7 heteroatoms. The van der Waals surface area contributed by atoms with Gasteiger partial charge >= 0.3 is 5.97 Å². The van der Waals surface area contributed by atoms with E-state index in [2.05, 4.69) is 38.8 Å². The molecule has 0 spiro atoms. The summed E-state index contributed by atoms with van der Waals surface area (Å²) < 4.78 is 20.6. The number of carbonyl (C=O) groups excluding carboxylic acids is 1. The molecular formula is C36H40N2O5. The van der Waals surface area contributed by atoms with Crippen molar-refractivity contribution in [1.82, 2.24) is 9.78 Å². The first-order chi connectivity index (χ1) is 20.8. The van der Waals surface area contributed by atoms with E-state index in [4.69, 9.17) is 19.3 Å². The van der Waals surface area contributed by atoms with Gasteiger partial charge in [-0.3, -0.25) is 0 Å². The van der Waals surface area contributed by atoms with Gasteiger partial charge in [-0.15, -0.1) is 0 Å². The van der Waals surface area contributed by atoms with Crippen LogP contribution in [0, 0.1) is 22.7 Å². The summed E-state index contributed by atoms with van der Waals surface area (Å²) in [6, 6.07) is 20.4. The lowest BCUT2D eigenvalue weighted by Crippen LogP contribution is -2.60. The maximum Gasteiger partial charge on any atom is 0.336 e. The molecule has 1 aromatic heterocycles. The topological polar surface area (TPSA) is 82.8 Å². The van der Waals surface area contributed by atoms with Crippen LogP contribution < -0.4 is 0 Å². The standard InChI is InChI=1S/C36H40N2O5/c1-23-14-17-30-35(2,28(23)16-15-26-29(39)21-41-33(26)40)19-18-31-36(30,3)22-42-34(43-31)27-20-38(25-12-8-5-9-13-25)37-32(27)24-10-6-4-7-11-24/h4-13,15,20,28-31,34,39H,1,14,16-19,21-22H2,2-3H3/b26-15+/t28-,29-,30+,31-,34?,35+,36+/m1/s1. The largest absolute Gasteiger partial charge is 0.459 e. The highest BCUT2D eigenvalue weighted by Gasteiger charge is 2.60. The first kappa shape index (κ1) is 28.3. The van der Waals surface area contributed by atoms with E-state index < -0.39 is 18.4 Å². The van der Waals surface area contributed by atoms with Crippen molar-refractivity contribution in [3.63, 3.8) is 0 Å². The van der Waals surface area contributed by atoms with Gasteiger partial charge in [-0.1, -0.05) is 80.6 Å². The van der Waals surface area contributed by atoms with E-state index in [-0.39, 0.29) is 29.5 Å². The fraction of sp³-hybridized carbons (Fsp3) is 0.444. The number of allylic oxidation sites excluding steroid dienone is 2. The molecule has 2 aliphatic carbocycles. The Morgan fingerprint density at radius 2 is 1.81 bits per heavy atom. The Hall–Kier alpha value is -3.52. The van der Waals surface area contributed by atoms with E-state index in [0.717, 1.165) is 48.2 Å². The van der Waals surface area contributed by atoms with E-state index in [1.165, 1.54) is 5.57 Å². The molecule has 2 aromatic carbocycles. The summed E-state index contributed by atoms with van der Waals surface area (Å²) in [5.74, 6) is 0.176. The zero-order chi connectivity index (χ0) is 29.8. The molecule has 7 atom stereocenters. The Morgan fingerprint density at radius 3 is 2.53 bits per heavy atom. The van der Waals surface area contributed by atoms with Gasteiger partial charge in [-0.25, -0.2) is 9.48 Å². The van der Waals surface area contributed by atoms with Gasteiger partial charge in [0.15, 0.2) is 6.29 Å². The van der Waals surface area contributed by atoms with Crippen LogP contribution in [0.15, 0.2) is 90.7 Å². The predicted molar refractivity (Wildman–Crippen MR) is 163 cm³/mol. The minimum absolute atomic E-state index is 0.0158. The number of nitrogens with zero attached hydrogens (tertiary/aromatic N) is 2. The average Bonchev–Trinajstić information content (AvgIpc) is 3.60. The Labute approximate surface area is 253 Å². The minimum Gasteiger partial charge on any atom is -0.459 e. The van der Waals surface area contributed by atoms with E-state index in [1.807, 2.05) is 59.3 Å². The summed E-state index contributed by atoms with van der Waals surface area (Å²) in [6.07, 6.45) is 7.22. The number of hydrogen-bond donors (Lipinski definition) is 1. The molecule has 224 valence electrons. The van der Waals surface area contributed by atoms with E-state index in [9.17, 15) is 9.90 Å². The number of carbonyl (C=O) groups is 1. The second-order valence-electron chi connectivity index (χ2n) is 13.2. The van der Waals surface area contributed by atoms with Crippen LogP contribution in [0.1, 0.15) is 57.8 Å². The number of fused-ring (bicyclic) bond motifs is 3. The minimum atomic E-state index is -0.842. The fourth-order valence-corrected chi connectivity index (χ4v) is 8.45. The van der Waals surface area contributed by atoms with Crippen molar-refractivity contribution in [3.8, 4) is 16.9 Å². The van der Waals surface area contributed by atoms with Crippen LogP contribution in [-0.2, 0) is 19.0 Å². The van der Waals surface area contributed by atoms with Gasteiger partial charge in [-0.05, 0) is 61.5 Å². The second-order valence-corrected chi connectivity index (χ2v) is 13.2.